The van der Waals surface area contributed by atoms with Crippen LogP contribution in [0.25, 0.3) is 21.1 Å². The van der Waals surface area contributed by atoms with E-state index in [9.17, 15) is 0 Å². The predicted octanol–water partition coefficient (Wildman–Crippen LogP) is 4.99. The van der Waals surface area contributed by atoms with Crippen LogP contribution in [0.2, 0.25) is 0 Å². The van der Waals surface area contributed by atoms with Gasteiger partial charge in [-0.25, -0.2) is 9.97 Å². The van der Waals surface area contributed by atoms with Crippen molar-refractivity contribution in [1.82, 2.24) is 15.0 Å². The summed E-state index contributed by atoms with van der Waals surface area (Å²) in [5, 5.41) is 13.2. The Hall–Kier alpha value is -2.61. The number of pyridine rings is 2. The van der Waals surface area contributed by atoms with Crippen LogP contribution in [0.15, 0.2) is 60.2 Å². The number of thiazole rings is 1. The molecule has 2 N–H and O–H groups in total. The number of aryl methyl sites for hydroxylation is 1. The number of hydrogen-bond acceptors (Lipinski definition) is 7. The highest BCUT2D eigenvalue weighted by Gasteiger charge is 2.09. The van der Waals surface area contributed by atoms with Crippen LogP contribution >= 0.6 is 22.7 Å². The third-order valence-corrected chi connectivity index (χ3v) is 5.32. The first-order valence-electron chi connectivity index (χ1n) is 7.89. The normalized spacial score (nSPS) is 10.1. The molecular weight excluding hydrogens is 364 g/mol. The van der Waals surface area contributed by atoms with Crippen molar-refractivity contribution < 1.29 is 5.11 Å². The average molecular weight is 383 g/mol. The van der Waals surface area contributed by atoms with Gasteiger partial charge in [0.15, 0.2) is 5.13 Å². The first kappa shape index (κ1) is 18.2. The Bertz CT molecular complexity index is 966. The predicted molar refractivity (Wildman–Crippen MR) is 109 cm³/mol. The van der Waals surface area contributed by atoms with Crippen LogP contribution in [0, 0.1) is 6.92 Å². The highest BCUT2D eigenvalue weighted by molar-refractivity contribution is 7.19. The van der Waals surface area contributed by atoms with Crippen molar-refractivity contribution in [3.8, 4) is 21.1 Å². The monoisotopic (exact) mass is 382 g/mol. The Morgan fingerprint density at radius 2 is 1.73 bits per heavy atom. The summed E-state index contributed by atoms with van der Waals surface area (Å²) in [6.45, 7) is 2.05. The van der Waals surface area contributed by atoms with Gasteiger partial charge in [-0.2, -0.15) is 0 Å². The van der Waals surface area contributed by atoms with E-state index in [1.54, 1.807) is 28.9 Å². The summed E-state index contributed by atoms with van der Waals surface area (Å²) >= 11 is 3.28. The summed E-state index contributed by atoms with van der Waals surface area (Å²) in [5.74, 6) is 0.816. The van der Waals surface area contributed by atoms with Crippen molar-refractivity contribution in [1.29, 1.82) is 0 Å². The SMILES string of the molecule is CO.Cc1ccnc(Nc2nc(-c3ccc(-c4ccccn4)s3)cs2)c1. The molecule has 0 amide bonds. The molecule has 4 rings (SSSR count). The zero-order valence-electron chi connectivity index (χ0n) is 14.4. The standard InChI is InChI=1S/C18H14N4S2.CH4O/c1-12-7-9-20-17(10-12)22-18-21-14(11-23-18)16-6-5-15(24-16)13-4-2-3-8-19-13;1-2/h2-11H,1H3,(H,20,21,22);2H,1H3. The molecule has 5 nitrogen and oxygen atoms in total. The van der Waals surface area contributed by atoms with Crippen molar-refractivity contribution in [2.24, 2.45) is 0 Å². The van der Waals surface area contributed by atoms with Gasteiger partial charge in [0.25, 0.3) is 0 Å². The van der Waals surface area contributed by atoms with Crippen molar-refractivity contribution in [3.05, 3.63) is 65.8 Å². The number of aliphatic hydroxyl groups is 1. The fraction of sp³-hybridized carbons (Fsp3) is 0.105. The second kappa shape index (κ2) is 8.66. The molecule has 132 valence electrons. The van der Waals surface area contributed by atoms with Gasteiger partial charge in [-0.1, -0.05) is 6.07 Å². The maximum absolute atomic E-state index is 7.00. The van der Waals surface area contributed by atoms with Crippen molar-refractivity contribution in [2.75, 3.05) is 12.4 Å². The number of thiophene rings is 1. The van der Waals surface area contributed by atoms with Gasteiger partial charge in [0.2, 0.25) is 0 Å². The second-order valence-corrected chi connectivity index (χ2v) is 7.20. The largest absolute Gasteiger partial charge is 0.400 e. The number of aliphatic hydroxyl groups excluding tert-OH is 1. The van der Waals surface area contributed by atoms with E-state index in [4.69, 9.17) is 5.11 Å². The number of nitrogens with one attached hydrogen (secondary N) is 1. The van der Waals surface area contributed by atoms with Gasteiger partial charge in [0.1, 0.15) is 5.82 Å². The van der Waals surface area contributed by atoms with Gasteiger partial charge < -0.3 is 10.4 Å². The quantitative estimate of drug-likeness (QED) is 0.520. The first-order chi connectivity index (χ1) is 12.8. The fourth-order valence-electron chi connectivity index (χ4n) is 2.28. The van der Waals surface area contributed by atoms with E-state index in [2.05, 4.69) is 37.8 Å². The lowest BCUT2D eigenvalue weighted by Gasteiger charge is -2.01. The molecule has 0 atom stereocenters. The molecule has 0 saturated heterocycles. The summed E-state index contributed by atoms with van der Waals surface area (Å²) < 4.78 is 0. The van der Waals surface area contributed by atoms with Gasteiger partial charge in [-0.15, -0.1) is 22.7 Å². The summed E-state index contributed by atoms with van der Waals surface area (Å²) in [6.07, 6.45) is 3.61. The van der Waals surface area contributed by atoms with Crippen LogP contribution in [-0.2, 0) is 0 Å². The van der Waals surface area contributed by atoms with Gasteiger partial charge >= 0.3 is 0 Å². The smallest absolute Gasteiger partial charge is 0.188 e. The first-order valence-corrected chi connectivity index (χ1v) is 9.59. The van der Waals surface area contributed by atoms with E-state index in [0.29, 0.717) is 0 Å². The number of anilines is 2. The van der Waals surface area contributed by atoms with Gasteiger partial charge in [-0.3, -0.25) is 4.98 Å². The van der Waals surface area contributed by atoms with E-state index >= 15 is 0 Å². The Morgan fingerprint density at radius 1 is 0.923 bits per heavy atom. The average Bonchev–Trinajstić information content (AvgIpc) is 3.34. The number of rotatable bonds is 4. The molecule has 0 bridgehead atoms. The molecule has 4 heterocycles. The second-order valence-electron chi connectivity index (χ2n) is 5.26. The minimum atomic E-state index is 0.816. The third kappa shape index (κ3) is 4.32. The Morgan fingerprint density at radius 3 is 2.46 bits per heavy atom. The Labute approximate surface area is 160 Å². The number of hydrogen-bond donors (Lipinski definition) is 2. The van der Waals surface area contributed by atoms with E-state index < -0.39 is 0 Å². The third-order valence-electron chi connectivity index (χ3n) is 3.43. The summed E-state index contributed by atoms with van der Waals surface area (Å²) in [6, 6.07) is 14.1. The molecule has 26 heavy (non-hydrogen) atoms. The van der Waals surface area contributed by atoms with Crippen LogP contribution < -0.4 is 5.32 Å². The van der Waals surface area contributed by atoms with Crippen LogP contribution in [-0.4, -0.2) is 27.2 Å². The minimum Gasteiger partial charge on any atom is -0.400 e. The van der Waals surface area contributed by atoms with Crippen LogP contribution in [0.1, 0.15) is 5.56 Å². The van der Waals surface area contributed by atoms with E-state index in [-0.39, 0.29) is 0 Å². The molecule has 0 fully saturated rings. The molecule has 0 saturated carbocycles. The Kier molecular flexibility index (Phi) is 6.06. The summed E-state index contributed by atoms with van der Waals surface area (Å²) in [7, 11) is 1.00. The number of nitrogens with zero attached hydrogens (tertiary/aromatic N) is 3. The molecule has 4 aromatic heterocycles. The Balaban J connectivity index is 0.000000948. The molecule has 0 unspecified atom stereocenters. The lowest BCUT2D eigenvalue weighted by atomic mass is 10.3. The zero-order valence-corrected chi connectivity index (χ0v) is 16.0. The van der Waals surface area contributed by atoms with E-state index in [1.807, 2.05) is 43.5 Å². The van der Waals surface area contributed by atoms with Crippen LogP contribution in [0.4, 0.5) is 10.9 Å². The minimum absolute atomic E-state index is 0.816. The van der Waals surface area contributed by atoms with Gasteiger partial charge in [0, 0.05) is 24.9 Å². The maximum Gasteiger partial charge on any atom is 0.188 e. The van der Waals surface area contributed by atoms with Crippen molar-refractivity contribution in [2.45, 2.75) is 6.92 Å². The number of aromatic nitrogens is 3. The maximum atomic E-state index is 7.00. The zero-order chi connectivity index (χ0) is 18.4. The summed E-state index contributed by atoms with van der Waals surface area (Å²) in [5.41, 5.74) is 3.14. The van der Waals surface area contributed by atoms with Crippen molar-refractivity contribution >= 4 is 33.6 Å². The molecule has 0 aliphatic carbocycles. The lowest BCUT2D eigenvalue weighted by Crippen LogP contribution is -1.92. The topological polar surface area (TPSA) is 70.9 Å². The molecule has 0 aromatic carbocycles. The lowest BCUT2D eigenvalue weighted by molar-refractivity contribution is 0.399. The van der Waals surface area contributed by atoms with Gasteiger partial charge in [0.05, 0.1) is 21.1 Å². The summed E-state index contributed by atoms with van der Waals surface area (Å²) in [4.78, 5) is 15.7. The highest BCUT2D eigenvalue weighted by atomic mass is 32.1. The molecular formula is C19H18N4OS2. The molecule has 0 aliphatic heterocycles. The van der Waals surface area contributed by atoms with Gasteiger partial charge in [-0.05, 0) is 48.9 Å². The van der Waals surface area contributed by atoms with Crippen molar-refractivity contribution in [3.63, 3.8) is 0 Å². The molecule has 0 radical (unpaired) electrons. The highest BCUT2D eigenvalue weighted by Crippen LogP contribution is 2.35. The molecule has 0 spiro atoms. The molecule has 0 aliphatic rings. The van der Waals surface area contributed by atoms with Crippen LogP contribution in [0.3, 0.4) is 0 Å². The van der Waals surface area contributed by atoms with Crippen LogP contribution in [0.5, 0.6) is 0 Å². The van der Waals surface area contributed by atoms with E-state index in [1.165, 1.54) is 5.56 Å². The molecule has 4 aromatic rings. The molecule has 7 heteroatoms. The van der Waals surface area contributed by atoms with E-state index in [0.717, 1.165) is 39.2 Å². The fourth-order valence-corrected chi connectivity index (χ4v) is 4.02.